The molecule has 0 saturated heterocycles. The molecule has 1 aliphatic carbocycles. The van der Waals surface area contributed by atoms with Crippen LogP contribution in [-0.4, -0.2) is 48.7 Å². The van der Waals surface area contributed by atoms with Crippen molar-refractivity contribution in [3.05, 3.63) is 0 Å². The van der Waals surface area contributed by atoms with Gasteiger partial charge in [-0.15, -0.1) is 0 Å². The third kappa shape index (κ3) is 5.89. The Balaban J connectivity index is 1.93. The van der Waals surface area contributed by atoms with Crippen molar-refractivity contribution in [3.63, 3.8) is 0 Å². The smallest absolute Gasteiger partial charge is 0.139 e. The Morgan fingerprint density at radius 3 is 2.76 bits per heavy atom. The van der Waals surface area contributed by atoms with Crippen LogP contribution < -0.4 is 11.1 Å². The van der Waals surface area contributed by atoms with Gasteiger partial charge in [-0.25, -0.2) is 0 Å². The van der Waals surface area contributed by atoms with Crippen molar-refractivity contribution < 1.29 is 5.21 Å². The van der Waals surface area contributed by atoms with Crippen molar-refractivity contribution >= 4 is 5.84 Å². The molecule has 0 spiro atoms. The molecule has 4 N–H and O–H groups in total. The summed E-state index contributed by atoms with van der Waals surface area (Å²) in [4.78, 5) is 2.46. The van der Waals surface area contributed by atoms with E-state index in [2.05, 4.69) is 22.4 Å². The molecule has 0 aromatic rings. The predicted octanol–water partition coefficient (Wildman–Crippen LogP) is 0.977. The molecule has 17 heavy (non-hydrogen) atoms. The maximum absolute atomic E-state index is 8.37. The van der Waals surface area contributed by atoms with Crippen molar-refractivity contribution in [2.75, 3.05) is 26.7 Å². The van der Waals surface area contributed by atoms with E-state index >= 15 is 0 Å². The first-order chi connectivity index (χ1) is 8.24. The lowest BCUT2D eigenvalue weighted by molar-refractivity contribution is 0.245. The zero-order chi connectivity index (χ0) is 12.5. The third-order valence-corrected chi connectivity index (χ3v) is 3.50. The summed E-state index contributed by atoms with van der Waals surface area (Å²) in [5.74, 6) is 0.315. The highest BCUT2D eigenvalue weighted by Gasteiger charge is 2.18. The fourth-order valence-electron chi connectivity index (χ4n) is 2.35. The first-order valence-corrected chi connectivity index (χ1v) is 6.61. The summed E-state index contributed by atoms with van der Waals surface area (Å²) >= 11 is 0. The molecule has 0 amide bonds. The lowest BCUT2D eigenvalue weighted by atomic mass is 10.2. The molecule has 0 bridgehead atoms. The van der Waals surface area contributed by atoms with Gasteiger partial charge in [-0.3, -0.25) is 0 Å². The lowest BCUT2D eigenvalue weighted by Crippen LogP contribution is -2.35. The quantitative estimate of drug-likeness (QED) is 0.195. The number of amidine groups is 1. The predicted molar refractivity (Wildman–Crippen MR) is 70.4 cm³/mol. The Labute approximate surface area is 104 Å². The van der Waals surface area contributed by atoms with Crippen LogP contribution in [0, 0.1) is 0 Å². The van der Waals surface area contributed by atoms with Crippen molar-refractivity contribution in [1.29, 1.82) is 0 Å². The Hall–Kier alpha value is -0.810. The lowest BCUT2D eigenvalue weighted by Gasteiger charge is -2.23. The third-order valence-electron chi connectivity index (χ3n) is 3.50. The number of rotatable bonds is 8. The summed E-state index contributed by atoms with van der Waals surface area (Å²) in [7, 11) is 2.22. The maximum Gasteiger partial charge on any atom is 0.139 e. The molecule has 0 unspecified atom stereocenters. The Kier molecular flexibility index (Phi) is 6.96. The molecule has 0 heterocycles. The van der Waals surface area contributed by atoms with E-state index in [9.17, 15) is 0 Å². The van der Waals surface area contributed by atoms with Crippen LogP contribution in [0.15, 0.2) is 5.16 Å². The Morgan fingerprint density at radius 2 is 2.12 bits per heavy atom. The molecule has 100 valence electrons. The zero-order valence-corrected chi connectivity index (χ0v) is 10.9. The van der Waals surface area contributed by atoms with E-state index in [-0.39, 0.29) is 0 Å². The van der Waals surface area contributed by atoms with Crippen molar-refractivity contribution in [3.8, 4) is 0 Å². The fraction of sp³-hybridized carbons (Fsp3) is 0.917. The second-order valence-corrected chi connectivity index (χ2v) is 4.86. The van der Waals surface area contributed by atoms with Crippen LogP contribution in [0.1, 0.15) is 38.5 Å². The summed E-state index contributed by atoms with van der Waals surface area (Å²) < 4.78 is 0. The van der Waals surface area contributed by atoms with Crippen molar-refractivity contribution in [2.45, 2.75) is 44.6 Å². The van der Waals surface area contributed by atoms with Crippen LogP contribution >= 0.6 is 0 Å². The van der Waals surface area contributed by atoms with E-state index in [1.807, 2.05) is 0 Å². The zero-order valence-electron chi connectivity index (χ0n) is 10.9. The number of hydrogen-bond acceptors (Lipinski definition) is 4. The maximum atomic E-state index is 8.37. The van der Waals surface area contributed by atoms with Crippen LogP contribution in [-0.2, 0) is 0 Å². The molecular weight excluding hydrogens is 216 g/mol. The summed E-state index contributed by atoms with van der Waals surface area (Å²) in [5.41, 5.74) is 5.38. The van der Waals surface area contributed by atoms with Gasteiger partial charge in [0.25, 0.3) is 0 Å². The van der Waals surface area contributed by atoms with E-state index in [4.69, 9.17) is 10.9 Å². The van der Waals surface area contributed by atoms with Gasteiger partial charge >= 0.3 is 0 Å². The van der Waals surface area contributed by atoms with Crippen LogP contribution in [0.3, 0.4) is 0 Å². The largest absolute Gasteiger partial charge is 0.409 e. The molecule has 1 fully saturated rings. The Bertz CT molecular complexity index is 227. The molecule has 5 heteroatoms. The van der Waals surface area contributed by atoms with Gasteiger partial charge in [0.05, 0.1) is 0 Å². The minimum atomic E-state index is 0.315. The molecule has 5 nitrogen and oxygen atoms in total. The van der Waals surface area contributed by atoms with E-state index in [1.165, 1.54) is 25.7 Å². The van der Waals surface area contributed by atoms with E-state index in [0.29, 0.717) is 12.3 Å². The van der Waals surface area contributed by atoms with E-state index < -0.39 is 0 Å². The fourth-order valence-corrected chi connectivity index (χ4v) is 2.35. The summed E-state index contributed by atoms with van der Waals surface area (Å²) in [6.45, 7) is 3.05. The van der Waals surface area contributed by atoms with Gasteiger partial charge in [-0.1, -0.05) is 18.0 Å². The number of nitrogens with zero attached hydrogens (tertiary/aromatic N) is 2. The van der Waals surface area contributed by atoms with E-state index in [0.717, 1.165) is 32.1 Å². The van der Waals surface area contributed by atoms with Gasteiger partial charge in [0.15, 0.2) is 0 Å². The summed E-state index contributed by atoms with van der Waals surface area (Å²) in [6.07, 6.45) is 7.08. The second kappa shape index (κ2) is 8.31. The average Bonchev–Trinajstić information content (AvgIpc) is 2.86. The minimum absolute atomic E-state index is 0.315. The van der Waals surface area contributed by atoms with Gasteiger partial charge in [0.1, 0.15) is 5.84 Å². The molecule has 0 atom stereocenters. The topological polar surface area (TPSA) is 73.9 Å². The Morgan fingerprint density at radius 1 is 1.41 bits per heavy atom. The second-order valence-electron chi connectivity index (χ2n) is 4.86. The molecule has 1 aliphatic rings. The van der Waals surface area contributed by atoms with Gasteiger partial charge in [0, 0.05) is 25.6 Å². The van der Waals surface area contributed by atoms with Gasteiger partial charge in [-0.2, -0.15) is 0 Å². The van der Waals surface area contributed by atoms with Crippen molar-refractivity contribution in [1.82, 2.24) is 10.2 Å². The highest BCUT2D eigenvalue weighted by Crippen LogP contribution is 2.21. The molecule has 0 radical (unpaired) electrons. The number of likely N-dealkylation sites (N-methyl/N-ethyl adjacent to an activating group) is 1. The van der Waals surface area contributed by atoms with Gasteiger partial charge in [-0.05, 0) is 32.9 Å². The standard InChI is InChI=1S/C12H26N4O/c1-16(11-5-2-3-6-11)10-9-14-8-4-7-12(13)15-17/h11,14,17H,2-10H2,1H3,(H2,13,15). The summed E-state index contributed by atoms with van der Waals surface area (Å²) in [6, 6.07) is 0.800. The van der Waals surface area contributed by atoms with Crippen LogP contribution in [0.25, 0.3) is 0 Å². The molecule has 0 aromatic carbocycles. The molecule has 1 rings (SSSR count). The minimum Gasteiger partial charge on any atom is -0.409 e. The SMILES string of the molecule is CN(CCNCCCC(N)=NO)C1CCCC1. The normalized spacial score (nSPS) is 18.1. The molecule has 1 saturated carbocycles. The molecule has 0 aliphatic heterocycles. The van der Waals surface area contributed by atoms with E-state index in [1.54, 1.807) is 0 Å². The van der Waals surface area contributed by atoms with Crippen LogP contribution in [0.5, 0.6) is 0 Å². The first kappa shape index (κ1) is 14.3. The molecule has 0 aromatic heterocycles. The highest BCUT2D eigenvalue weighted by atomic mass is 16.4. The summed E-state index contributed by atoms with van der Waals surface area (Å²) in [5, 5.41) is 14.7. The average molecular weight is 242 g/mol. The molecular formula is C12H26N4O. The van der Waals surface area contributed by atoms with Crippen LogP contribution in [0.2, 0.25) is 0 Å². The van der Waals surface area contributed by atoms with Gasteiger partial charge < -0.3 is 21.2 Å². The number of oxime groups is 1. The van der Waals surface area contributed by atoms with Gasteiger partial charge in [0.2, 0.25) is 0 Å². The highest BCUT2D eigenvalue weighted by molar-refractivity contribution is 5.79. The number of hydrogen-bond donors (Lipinski definition) is 3. The number of nitrogens with one attached hydrogen (secondary N) is 1. The first-order valence-electron chi connectivity index (χ1n) is 6.61. The number of nitrogens with two attached hydrogens (primary N) is 1. The van der Waals surface area contributed by atoms with Crippen LogP contribution in [0.4, 0.5) is 0 Å². The monoisotopic (exact) mass is 242 g/mol. The van der Waals surface area contributed by atoms with Crippen molar-refractivity contribution in [2.24, 2.45) is 10.9 Å².